The van der Waals surface area contributed by atoms with E-state index in [0.717, 1.165) is 5.01 Å². The molecule has 94 valence electrons. The Kier molecular flexibility index (Phi) is 4.89. The average molecular weight is 256 g/mol. The average Bonchev–Trinajstić information content (AvgIpc) is 2.87. The van der Waals surface area contributed by atoms with Crippen LogP contribution in [-0.2, 0) is 4.79 Å². The number of hydrogen-bond acceptors (Lipinski definition) is 5. The number of carbonyl (C=O) groups excluding carboxylic acids is 1. The van der Waals surface area contributed by atoms with Gasteiger partial charge in [-0.2, -0.15) is 0 Å². The Bertz CT molecular complexity index is 391. The molecule has 1 aromatic rings. The number of hydrogen-bond donors (Lipinski definition) is 3. The van der Waals surface area contributed by atoms with E-state index in [1.165, 1.54) is 0 Å². The third-order valence-electron chi connectivity index (χ3n) is 2.41. The number of nitrogens with two attached hydrogens (primary N) is 1. The molecule has 1 aromatic heterocycles. The molecule has 7 heteroatoms. The minimum absolute atomic E-state index is 0.0931. The van der Waals surface area contributed by atoms with E-state index < -0.39 is 5.92 Å². The Labute approximate surface area is 104 Å². The van der Waals surface area contributed by atoms with E-state index in [2.05, 4.69) is 15.5 Å². The molecular formula is C10H16N4O2S. The maximum Gasteiger partial charge on any atom is 0.230 e. The van der Waals surface area contributed by atoms with Gasteiger partial charge in [0, 0.05) is 24.0 Å². The Morgan fingerprint density at radius 3 is 2.94 bits per heavy atom. The zero-order chi connectivity index (χ0) is 12.8. The van der Waals surface area contributed by atoms with Crippen molar-refractivity contribution in [3.05, 3.63) is 16.6 Å². The van der Waals surface area contributed by atoms with Gasteiger partial charge in [0.1, 0.15) is 0 Å². The van der Waals surface area contributed by atoms with Gasteiger partial charge in [0.05, 0.1) is 10.9 Å². The van der Waals surface area contributed by atoms with Crippen LogP contribution in [0.15, 0.2) is 16.7 Å². The van der Waals surface area contributed by atoms with Crippen LogP contribution < -0.4 is 11.1 Å². The van der Waals surface area contributed by atoms with Gasteiger partial charge >= 0.3 is 0 Å². The van der Waals surface area contributed by atoms with Crippen LogP contribution in [0.4, 0.5) is 0 Å². The van der Waals surface area contributed by atoms with Crippen LogP contribution in [-0.4, -0.2) is 28.5 Å². The Morgan fingerprint density at radius 2 is 2.41 bits per heavy atom. The maximum absolute atomic E-state index is 11.6. The number of aromatic nitrogens is 1. The molecule has 1 heterocycles. The predicted octanol–water partition coefficient (Wildman–Crippen LogP) is 0.745. The molecular weight excluding hydrogens is 240 g/mol. The first kappa shape index (κ1) is 13.4. The molecule has 4 N–H and O–H groups in total. The molecule has 0 spiro atoms. The normalized spacial score (nSPS) is 15.3. The van der Waals surface area contributed by atoms with E-state index in [1.54, 1.807) is 24.5 Å². The van der Waals surface area contributed by atoms with Crippen LogP contribution in [0.5, 0.6) is 0 Å². The molecule has 0 fully saturated rings. The third kappa shape index (κ3) is 3.70. The minimum Gasteiger partial charge on any atom is -0.409 e. The molecule has 0 bridgehead atoms. The molecule has 17 heavy (non-hydrogen) atoms. The summed E-state index contributed by atoms with van der Waals surface area (Å²) in [4.78, 5) is 15.8. The summed E-state index contributed by atoms with van der Waals surface area (Å²) in [5.74, 6) is -0.838. The van der Waals surface area contributed by atoms with Gasteiger partial charge in [-0.3, -0.25) is 4.79 Å². The van der Waals surface area contributed by atoms with E-state index in [-0.39, 0.29) is 17.7 Å². The Morgan fingerprint density at radius 1 is 1.71 bits per heavy atom. The zero-order valence-corrected chi connectivity index (χ0v) is 10.6. The second-order valence-electron chi connectivity index (χ2n) is 3.76. The molecule has 0 aliphatic rings. The summed E-state index contributed by atoms with van der Waals surface area (Å²) in [5.41, 5.74) is 5.35. The van der Waals surface area contributed by atoms with Gasteiger partial charge in [0.25, 0.3) is 0 Å². The van der Waals surface area contributed by atoms with Crippen LogP contribution in [0.3, 0.4) is 0 Å². The fraction of sp³-hybridized carbons (Fsp3) is 0.500. The van der Waals surface area contributed by atoms with Crippen molar-refractivity contribution in [2.45, 2.75) is 19.8 Å². The first-order chi connectivity index (χ1) is 8.06. The SMILES string of the molecule is CC(C(=O)NCC(C)c1nccs1)/C(N)=N/O. The van der Waals surface area contributed by atoms with Gasteiger partial charge < -0.3 is 16.3 Å². The van der Waals surface area contributed by atoms with Gasteiger partial charge in [-0.15, -0.1) is 11.3 Å². The molecule has 0 radical (unpaired) electrons. The Balaban J connectivity index is 2.43. The summed E-state index contributed by atoms with van der Waals surface area (Å²) in [7, 11) is 0. The first-order valence-electron chi connectivity index (χ1n) is 5.20. The van der Waals surface area contributed by atoms with Gasteiger partial charge in [-0.05, 0) is 6.92 Å². The van der Waals surface area contributed by atoms with Crippen molar-refractivity contribution in [3.63, 3.8) is 0 Å². The number of amides is 1. The largest absolute Gasteiger partial charge is 0.409 e. The number of rotatable bonds is 5. The summed E-state index contributed by atoms with van der Waals surface area (Å²) >= 11 is 1.55. The second-order valence-corrected chi connectivity index (χ2v) is 4.69. The highest BCUT2D eigenvalue weighted by molar-refractivity contribution is 7.09. The number of carbonyl (C=O) groups is 1. The maximum atomic E-state index is 11.6. The van der Waals surface area contributed by atoms with Crippen molar-refractivity contribution in [3.8, 4) is 0 Å². The quantitative estimate of drug-likeness (QED) is 0.313. The molecule has 1 rings (SSSR count). The van der Waals surface area contributed by atoms with Crippen molar-refractivity contribution in [1.29, 1.82) is 0 Å². The van der Waals surface area contributed by atoms with Crippen LogP contribution in [0.1, 0.15) is 24.8 Å². The number of amidine groups is 1. The van der Waals surface area contributed by atoms with Crippen LogP contribution >= 0.6 is 11.3 Å². The highest BCUT2D eigenvalue weighted by atomic mass is 32.1. The molecule has 0 saturated heterocycles. The van der Waals surface area contributed by atoms with Gasteiger partial charge in [-0.25, -0.2) is 4.98 Å². The molecule has 0 saturated carbocycles. The lowest BCUT2D eigenvalue weighted by Gasteiger charge is -2.13. The lowest BCUT2D eigenvalue weighted by atomic mass is 10.1. The van der Waals surface area contributed by atoms with Gasteiger partial charge in [0.2, 0.25) is 5.91 Å². The van der Waals surface area contributed by atoms with E-state index in [1.807, 2.05) is 12.3 Å². The topological polar surface area (TPSA) is 101 Å². The summed E-state index contributed by atoms with van der Waals surface area (Å²) in [6, 6.07) is 0. The molecule has 2 unspecified atom stereocenters. The van der Waals surface area contributed by atoms with Crippen LogP contribution in [0, 0.1) is 5.92 Å². The fourth-order valence-corrected chi connectivity index (χ4v) is 1.89. The van der Waals surface area contributed by atoms with Crippen molar-refractivity contribution in [2.24, 2.45) is 16.8 Å². The number of thiazole rings is 1. The van der Waals surface area contributed by atoms with E-state index in [4.69, 9.17) is 10.9 Å². The van der Waals surface area contributed by atoms with Crippen molar-refractivity contribution in [2.75, 3.05) is 6.54 Å². The molecule has 0 aromatic carbocycles. The lowest BCUT2D eigenvalue weighted by Crippen LogP contribution is -2.38. The summed E-state index contributed by atoms with van der Waals surface area (Å²) in [6.07, 6.45) is 1.73. The van der Waals surface area contributed by atoms with Gasteiger partial charge in [-0.1, -0.05) is 12.1 Å². The number of nitrogens with zero attached hydrogens (tertiary/aromatic N) is 2. The van der Waals surface area contributed by atoms with E-state index in [0.29, 0.717) is 6.54 Å². The zero-order valence-electron chi connectivity index (χ0n) is 9.75. The second kappa shape index (κ2) is 6.19. The minimum atomic E-state index is -0.636. The van der Waals surface area contributed by atoms with Crippen LogP contribution in [0.25, 0.3) is 0 Å². The van der Waals surface area contributed by atoms with E-state index >= 15 is 0 Å². The molecule has 2 atom stereocenters. The van der Waals surface area contributed by atoms with Crippen LogP contribution in [0.2, 0.25) is 0 Å². The fourth-order valence-electron chi connectivity index (χ4n) is 1.19. The molecule has 0 aliphatic carbocycles. The smallest absolute Gasteiger partial charge is 0.230 e. The van der Waals surface area contributed by atoms with Crippen molar-refractivity contribution >= 4 is 23.1 Å². The third-order valence-corrected chi connectivity index (χ3v) is 3.41. The highest BCUT2D eigenvalue weighted by Gasteiger charge is 2.18. The molecule has 0 aliphatic heterocycles. The number of nitrogens with one attached hydrogen (secondary N) is 1. The first-order valence-corrected chi connectivity index (χ1v) is 6.08. The van der Waals surface area contributed by atoms with E-state index in [9.17, 15) is 4.79 Å². The summed E-state index contributed by atoms with van der Waals surface area (Å²) < 4.78 is 0. The summed E-state index contributed by atoms with van der Waals surface area (Å²) in [6.45, 7) is 4.04. The molecule has 6 nitrogen and oxygen atoms in total. The standard InChI is InChI=1S/C10H16N4O2S/c1-6(10-12-3-4-17-10)5-13-9(15)7(2)8(11)14-16/h3-4,6-7,16H,5H2,1-2H3,(H2,11,14)(H,13,15). The predicted molar refractivity (Wildman–Crippen MR) is 66.1 cm³/mol. The summed E-state index contributed by atoms with van der Waals surface area (Å²) in [5, 5.41) is 16.9. The lowest BCUT2D eigenvalue weighted by molar-refractivity contribution is -0.122. The van der Waals surface area contributed by atoms with Crippen molar-refractivity contribution in [1.82, 2.24) is 10.3 Å². The Hall–Kier alpha value is -1.63. The molecule has 1 amide bonds. The monoisotopic (exact) mass is 256 g/mol. The van der Waals surface area contributed by atoms with Gasteiger partial charge in [0.15, 0.2) is 5.84 Å². The highest BCUT2D eigenvalue weighted by Crippen LogP contribution is 2.16. The number of oxime groups is 1. The van der Waals surface area contributed by atoms with Crippen molar-refractivity contribution < 1.29 is 10.0 Å².